The Morgan fingerprint density at radius 2 is 2.21 bits per heavy atom. The van der Waals surface area contributed by atoms with E-state index in [1.165, 1.54) is 0 Å². The van der Waals surface area contributed by atoms with E-state index >= 15 is 0 Å². The monoisotopic (exact) mass is 211 g/mol. The average Bonchev–Trinajstić information content (AvgIpc) is 2.88. The molecule has 0 atom stereocenters. The van der Waals surface area contributed by atoms with Crippen LogP contribution in [0.4, 0.5) is 0 Å². The highest BCUT2D eigenvalue weighted by Gasteiger charge is 2.37. The molecule has 0 bridgehead atoms. The molecule has 76 valence electrons. The SMILES string of the molecule is Cc1ncnc(CCC2(N)CC2)c1Cl. The van der Waals surface area contributed by atoms with Gasteiger partial charge in [-0.05, 0) is 32.6 Å². The zero-order chi connectivity index (χ0) is 10.2. The van der Waals surface area contributed by atoms with Gasteiger partial charge >= 0.3 is 0 Å². The lowest BCUT2D eigenvalue weighted by Crippen LogP contribution is -2.22. The van der Waals surface area contributed by atoms with E-state index in [0.717, 1.165) is 37.1 Å². The summed E-state index contributed by atoms with van der Waals surface area (Å²) in [7, 11) is 0. The van der Waals surface area contributed by atoms with Gasteiger partial charge in [0.05, 0.1) is 16.4 Å². The third-order valence-corrected chi connectivity index (χ3v) is 3.28. The summed E-state index contributed by atoms with van der Waals surface area (Å²) in [6.45, 7) is 1.89. The molecule has 1 aliphatic rings. The molecule has 1 saturated carbocycles. The molecule has 1 aromatic heterocycles. The lowest BCUT2D eigenvalue weighted by Gasteiger charge is -2.08. The van der Waals surface area contributed by atoms with E-state index in [1.807, 2.05) is 6.92 Å². The second kappa shape index (κ2) is 3.48. The van der Waals surface area contributed by atoms with Crippen molar-refractivity contribution in [2.45, 2.75) is 38.1 Å². The fraction of sp³-hybridized carbons (Fsp3) is 0.600. The van der Waals surface area contributed by atoms with Crippen molar-refractivity contribution in [2.75, 3.05) is 0 Å². The van der Waals surface area contributed by atoms with Crippen molar-refractivity contribution < 1.29 is 0 Å². The highest BCUT2D eigenvalue weighted by Crippen LogP contribution is 2.36. The Labute approximate surface area is 88.7 Å². The summed E-state index contributed by atoms with van der Waals surface area (Å²) < 4.78 is 0. The maximum absolute atomic E-state index is 6.08. The van der Waals surface area contributed by atoms with Gasteiger partial charge in [-0.2, -0.15) is 0 Å². The molecule has 1 aliphatic carbocycles. The summed E-state index contributed by atoms with van der Waals surface area (Å²) >= 11 is 6.08. The van der Waals surface area contributed by atoms with Crippen molar-refractivity contribution >= 4 is 11.6 Å². The number of rotatable bonds is 3. The Morgan fingerprint density at radius 3 is 2.86 bits per heavy atom. The van der Waals surface area contributed by atoms with Gasteiger partial charge in [-0.1, -0.05) is 11.6 Å². The minimum Gasteiger partial charge on any atom is -0.325 e. The third kappa shape index (κ3) is 2.04. The highest BCUT2D eigenvalue weighted by molar-refractivity contribution is 6.31. The van der Waals surface area contributed by atoms with Crippen LogP contribution in [0.15, 0.2) is 6.33 Å². The summed E-state index contributed by atoms with van der Waals surface area (Å²) in [5.41, 5.74) is 7.84. The summed E-state index contributed by atoms with van der Waals surface area (Å²) in [6.07, 6.45) is 5.66. The molecule has 1 fully saturated rings. The maximum atomic E-state index is 6.08. The Kier molecular flexibility index (Phi) is 2.45. The third-order valence-electron chi connectivity index (χ3n) is 2.79. The molecule has 3 nitrogen and oxygen atoms in total. The van der Waals surface area contributed by atoms with E-state index in [9.17, 15) is 0 Å². The summed E-state index contributed by atoms with van der Waals surface area (Å²) in [5.74, 6) is 0. The molecule has 0 aromatic carbocycles. The first kappa shape index (κ1) is 9.87. The van der Waals surface area contributed by atoms with Crippen LogP contribution in [0, 0.1) is 6.92 Å². The van der Waals surface area contributed by atoms with E-state index in [4.69, 9.17) is 17.3 Å². The van der Waals surface area contributed by atoms with Crippen LogP contribution in [0.3, 0.4) is 0 Å². The molecular weight excluding hydrogens is 198 g/mol. The molecular formula is C10H14ClN3. The smallest absolute Gasteiger partial charge is 0.116 e. The van der Waals surface area contributed by atoms with Crippen LogP contribution in [0.5, 0.6) is 0 Å². The number of aryl methyl sites for hydroxylation is 2. The van der Waals surface area contributed by atoms with Crippen LogP contribution >= 0.6 is 11.6 Å². The molecule has 1 heterocycles. The van der Waals surface area contributed by atoms with Crippen molar-refractivity contribution in [3.05, 3.63) is 22.7 Å². The second-order valence-corrected chi connectivity index (χ2v) is 4.46. The molecule has 0 radical (unpaired) electrons. The first-order valence-electron chi connectivity index (χ1n) is 4.86. The van der Waals surface area contributed by atoms with Gasteiger partial charge in [0.25, 0.3) is 0 Å². The number of nitrogens with two attached hydrogens (primary N) is 1. The van der Waals surface area contributed by atoms with Crippen LogP contribution in [0.2, 0.25) is 5.02 Å². The van der Waals surface area contributed by atoms with E-state index in [-0.39, 0.29) is 5.54 Å². The van der Waals surface area contributed by atoms with E-state index in [1.54, 1.807) is 6.33 Å². The van der Waals surface area contributed by atoms with Crippen molar-refractivity contribution in [3.63, 3.8) is 0 Å². The van der Waals surface area contributed by atoms with E-state index < -0.39 is 0 Å². The Balaban J connectivity index is 2.05. The molecule has 1 aromatic rings. The standard InChI is InChI=1S/C10H14ClN3/c1-7-9(11)8(14-6-13-7)2-3-10(12)4-5-10/h6H,2-5,12H2,1H3. The zero-order valence-corrected chi connectivity index (χ0v) is 9.01. The van der Waals surface area contributed by atoms with E-state index in [2.05, 4.69) is 9.97 Å². The molecule has 2 rings (SSSR count). The van der Waals surface area contributed by atoms with E-state index in [0.29, 0.717) is 5.02 Å². The van der Waals surface area contributed by atoms with Crippen LogP contribution in [-0.2, 0) is 6.42 Å². The summed E-state index contributed by atoms with van der Waals surface area (Å²) in [5, 5.41) is 0.691. The number of nitrogens with zero attached hydrogens (tertiary/aromatic N) is 2. The number of hydrogen-bond donors (Lipinski definition) is 1. The predicted octanol–water partition coefficient (Wildman–Crippen LogP) is 1.86. The van der Waals surface area contributed by atoms with Crippen LogP contribution in [0.25, 0.3) is 0 Å². The molecule has 4 heteroatoms. The molecule has 2 N–H and O–H groups in total. The van der Waals surface area contributed by atoms with Crippen LogP contribution in [-0.4, -0.2) is 15.5 Å². The number of aromatic nitrogens is 2. The first-order chi connectivity index (χ1) is 6.61. The van der Waals surface area contributed by atoms with Crippen LogP contribution < -0.4 is 5.73 Å². The second-order valence-electron chi connectivity index (χ2n) is 4.08. The van der Waals surface area contributed by atoms with Gasteiger partial charge in [0.2, 0.25) is 0 Å². The molecule has 0 unspecified atom stereocenters. The topological polar surface area (TPSA) is 51.8 Å². The maximum Gasteiger partial charge on any atom is 0.116 e. The van der Waals surface area contributed by atoms with Gasteiger partial charge in [0.15, 0.2) is 0 Å². The van der Waals surface area contributed by atoms with Crippen molar-refractivity contribution in [1.82, 2.24) is 9.97 Å². The fourth-order valence-corrected chi connectivity index (χ4v) is 1.65. The normalized spacial score (nSPS) is 18.2. The van der Waals surface area contributed by atoms with Gasteiger partial charge < -0.3 is 5.73 Å². The summed E-state index contributed by atoms with van der Waals surface area (Å²) in [6, 6.07) is 0. The Hall–Kier alpha value is -0.670. The van der Waals surface area contributed by atoms with Gasteiger partial charge in [-0.3, -0.25) is 0 Å². The predicted molar refractivity (Wildman–Crippen MR) is 56.3 cm³/mol. The number of hydrogen-bond acceptors (Lipinski definition) is 3. The lowest BCUT2D eigenvalue weighted by atomic mass is 10.1. The van der Waals surface area contributed by atoms with Gasteiger partial charge in [-0.15, -0.1) is 0 Å². The molecule has 14 heavy (non-hydrogen) atoms. The lowest BCUT2D eigenvalue weighted by molar-refractivity contribution is 0.602. The number of halogens is 1. The fourth-order valence-electron chi connectivity index (χ4n) is 1.46. The highest BCUT2D eigenvalue weighted by atomic mass is 35.5. The molecule has 0 aliphatic heterocycles. The van der Waals surface area contributed by atoms with Gasteiger partial charge in [-0.25, -0.2) is 9.97 Å². The minimum atomic E-state index is 0.0716. The first-order valence-corrected chi connectivity index (χ1v) is 5.23. The molecule has 0 saturated heterocycles. The largest absolute Gasteiger partial charge is 0.325 e. The summed E-state index contributed by atoms with van der Waals surface area (Å²) in [4.78, 5) is 8.20. The van der Waals surface area contributed by atoms with Gasteiger partial charge in [0, 0.05) is 5.54 Å². The molecule has 0 amide bonds. The zero-order valence-electron chi connectivity index (χ0n) is 8.26. The van der Waals surface area contributed by atoms with Crippen LogP contribution in [0.1, 0.15) is 30.7 Å². The van der Waals surface area contributed by atoms with Crippen molar-refractivity contribution in [1.29, 1.82) is 0 Å². The Morgan fingerprint density at radius 1 is 1.50 bits per heavy atom. The quantitative estimate of drug-likeness (QED) is 0.831. The molecule has 0 spiro atoms. The van der Waals surface area contributed by atoms with Crippen molar-refractivity contribution in [2.24, 2.45) is 5.73 Å². The van der Waals surface area contributed by atoms with Gasteiger partial charge in [0.1, 0.15) is 6.33 Å². The average molecular weight is 212 g/mol. The van der Waals surface area contributed by atoms with Crippen molar-refractivity contribution in [3.8, 4) is 0 Å². The Bertz CT molecular complexity index is 347. The minimum absolute atomic E-state index is 0.0716.